The van der Waals surface area contributed by atoms with E-state index in [2.05, 4.69) is 10.6 Å². The van der Waals surface area contributed by atoms with Crippen molar-refractivity contribution in [1.82, 2.24) is 4.90 Å². The molecule has 0 aromatic heterocycles. The fourth-order valence-electron chi connectivity index (χ4n) is 2.80. The van der Waals surface area contributed by atoms with Gasteiger partial charge in [-0.2, -0.15) is 0 Å². The highest BCUT2D eigenvalue weighted by Crippen LogP contribution is 2.34. The monoisotopic (exact) mass is 369 g/mol. The molecule has 2 amide bonds. The van der Waals surface area contributed by atoms with E-state index < -0.39 is 0 Å². The molecule has 142 valence electrons. The Morgan fingerprint density at radius 3 is 2.48 bits per heavy atom. The standard InChI is InChI=1S/C20H23N3O4/c1-13-5-4-6-16(14(13)2)22-20(25)11-23(3)10-19(24)21-15-7-8-17-18(9-15)27-12-26-17/h4-9H,10-12H2,1-3H3,(H,21,24)(H,22,25). The van der Waals surface area contributed by atoms with Gasteiger partial charge in [0.15, 0.2) is 11.5 Å². The van der Waals surface area contributed by atoms with Gasteiger partial charge in [0.25, 0.3) is 0 Å². The Morgan fingerprint density at radius 2 is 1.70 bits per heavy atom. The molecule has 1 aliphatic heterocycles. The lowest BCUT2D eigenvalue weighted by Gasteiger charge is -2.17. The number of ether oxygens (including phenoxy) is 2. The number of carbonyl (C=O) groups is 2. The van der Waals surface area contributed by atoms with Crippen LogP contribution in [0.15, 0.2) is 36.4 Å². The average molecular weight is 369 g/mol. The maximum Gasteiger partial charge on any atom is 0.238 e. The van der Waals surface area contributed by atoms with Crippen LogP contribution in [0.4, 0.5) is 11.4 Å². The summed E-state index contributed by atoms with van der Waals surface area (Å²) in [5.74, 6) is 0.889. The molecule has 3 rings (SSSR count). The van der Waals surface area contributed by atoms with Crippen LogP contribution >= 0.6 is 0 Å². The van der Waals surface area contributed by atoms with Gasteiger partial charge in [-0.05, 0) is 50.2 Å². The summed E-state index contributed by atoms with van der Waals surface area (Å²) in [4.78, 5) is 26.1. The van der Waals surface area contributed by atoms with Crippen LogP contribution in [0.2, 0.25) is 0 Å². The van der Waals surface area contributed by atoms with Gasteiger partial charge in [-0.25, -0.2) is 0 Å². The Morgan fingerprint density at radius 1 is 1.00 bits per heavy atom. The number of carbonyl (C=O) groups excluding carboxylic acids is 2. The van der Waals surface area contributed by atoms with E-state index in [1.54, 1.807) is 30.1 Å². The van der Waals surface area contributed by atoms with Gasteiger partial charge in [-0.1, -0.05) is 12.1 Å². The van der Waals surface area contributed by atoms with Crippen LogP contribution in [0.5, 0.6) is 11.5 Å². The molecule has 0 unspecified atom stereocenters. The number of fused-ring (bicyclic) bond motifs is 1. The number of likely N-dealkylation sites (N-methyl/N-ethyl adjacent to an activating group) is 1. The number of hydrogen-bond acceptors (Lipinski definition) is 5. The zero-order valence-electron chi connectivity index (χ0n) is 15.7. The van der Waals surface area contributed by atoms with E-state index in [4.69, 9.17) is 9.47 Å². The second-order valence-electron chi connectivity index (χ2n) is 6.58. The molecule has 0 saturated carbocycles. The summed E-state index contributed by atoms with van der Waals surface area (Å²) < 4.78 is 10.5. The van der Waals surface area contributed by atoms with Crippen molar-refractivity contribution in [2.75, 3.05) is 37.6 Å². The van der Waals surface area contributed by atoms with Crippen LogP contribution in [0, 0.1) is 13.8 Å². The highest BCUT2D eigenvalue weighted by atomic mass is 16.7. The summed E-state index contributed by atoms with van der Waals surface area (Å²) in [6.45, 7) is 4.35. The molecule has 1 heterocycles. The lowest BCUT2D eigenvalue weighted by molar-refractivity contribution is -0.119. The molecule has 7 nitrogen and oxygen atoms in total. The van der Waals surface area contributed by atoms with Crippen molar-refractivity contribution in [3.63, 3.8) is 0 Å². The molecular weight excluding hydrogens is 346 g/mol. The molecule has 0 atom stereocenters. The molecule has 0 fully saturated rings. The molecule has 0 spiro atoms. The summed E-state index contributed by atoms with van der Waals surface area (Å²) in [5, 5.41) is 5.68. The minimum Gasteiger partial charge on any atom is -0.454 e. The van der Waals surface area contributed by atoms with Crippen LogP contribution in [-0.4, -0.2) is 43.6 Å². The number of aryl methyl sites for hydroxylation is 1. The third kappa shape index (κ3) is 4.77. The predicted molar refractivity (Wildman–Crippen MR) is 103 cm³/mol. The lowest BCUT2D eigenvalue weighted by Crippen LogP contribution is -2.36. The van der Waals surface area contributed by atoms with Crippen molar-refractivity contribution in [3.05, 3.63) is 47.5 Å². The largest absolute Gasteiger partial charge is 0.454 e. The van der Waals surface area contributed by atoms with Gasteiger partial charge in [0.1, 0.15) is 0 Å². The van der Waals surface area contributed by atoms with Gasteiger partial charge in [-0.3, -0.25) is 14.5 Å². The second-order valence-corrected chi connectivity index (χ2v) is 6.58. The zero-order valence-corrected chi connectivity index (χ0v) is 15.7. The average Bonchev–Trinajstić information content (AvgIpc) is 3.06. The van der Waals surface area contributed by atoms with E-state index in [0.717, 1.165) is 16.8 Å². The smallest absolute Gasteiger partial charge is 0.238 e. The number of rotatable bonds is 6. The molecule has 0 saturated heterocycles. The number of hydrogen-bond donors (Lipinski definition) is 2. The van der Waals surface area contributed by atoms with Crippen molar-refractivity contribution in [1.29, 1.82) is 0 Å². The molecule has 0 radical (unpaired) electrons. The van der Waals surface area contributed by atoms with E-state index in [-0.39, 0.29) is 31.7 Å². The van der Waals surface area contributed by atoms with Crippen molar-refractivity contribution in [2.24, 2.45) is 0 Å². The van der Waals surface area contributed by atoms with Crippen LogP contribution in [0.3, 0.4) is 0 Å². The summed E-state index contributed by atoms with van der Waals surface area (Å²) in [7, 11) is 1.72. The maximum atomic E-state index is 12.2. The van der Waals surface area contributed by atoms with Crippen molar-refractivity contribution >= 4 is 23.2 Å². The third-order valence-electron chi connectivity index (χ3n) is 4.36. The van der Waals surface area contributed by atoms with Gasteiger partial charge in [0.05, 0.1) is 13.1 Å². The summed E-state index contributed by atoms with van der Waals surface area (Å²) in [6, 6.07) is 11.0. The molecule has 0 aliphatic carbocycles. The Bertz CT molecular complexity index is 866. The molecule has 27 heavy (non-hydrogen) atoms. The Labute approximate surface area is 158 Å². The molecule has 1 aliphatic rings. The fraction of sp³-hybridized carbons (Fsp3) is 0.300. The van der Waals surface area contributed by atoms with Gasteiger partial charge < -0.3 is 20.1 Å². The fourth-order valence-corrected chi connectivity index (χ4v) is 2.80. The number of nitrogens with one attached hydrogen (secondary N) is 2. The summed E-state index contributed by atoms with van der Waals surface area (Å²) in [6.07, 6.45) is 0. The number of benzene rings is 2. The van der Waals surface area contributed by atoms with Crippen molar-refractivity contribution in [3.8, 4) is 11.5 Å². The molecule has 2 aromatic carbocycles. The van der Waals surface area contributed by atoms with Gasteiger partial charge in [-0.15, -0.1) is 0 Å². The number of anilines is 2. The van der Waals surface area contributed by atoms with Crippen LogP contribution in [0.1, 0.15) is 11.1 Å². The zero-order chi connectivity index (χ0) is 19.4. The van der Waals surface area contributed by atoms with Crippen LogP contribution in [0.25, 0.3) is 0 Å². The molecule has 2 N–H and O–H groups in total. The molecule has 0 bridgehead atoms. The van der Waals surface area contributed by atoms with Gasteiger partial charge >= 0.3 is 0 Å². The Hall–Kier alpha value is -3.06. The maximum absolute atomic E-state index is 12.2. The highest BCUT2D eigenvalue weighted by molar-refractivity contribution is 5.95. The quantitative estimate of drug-likeness (QED) is 0.818. The minimum atomic E-state index is -0.212. The number of nitrogens with zero attached hydrogens (tertiary/aromatic N) is 1. The van der Waals surface area contributed by atoms with E-state index in [0.29, 0.717) is 17.2 Å². The van der Waals surface area contributed by atoms with E-state index >= 15 is 0 Å². The molecular formula is C20H23N3O4. The third-order valence-corrected chi connectivity index (χ3v) is 4.36. The Balaban J connectivity index is 1.49. The van der Waals surface area contributed by atoms with Gasteiger partial charge in [0.2, 0.25) is 18.6 Å². The lowest BCUT2D eigenvalue weighted by atomic mass is 10.1. The first-order valence-corrected chi connectivity index (χ1v) is 8.66. The number of amides is 2. The first-order valence-electron chi connectivity index (χ1n) is 8.66. The van der Waals surface area contributed by atoms with Crippen molar-refractivity contribution in [2.45, 2.75) is 13.8 Å². The topological polar surface area (TPSA) is 79.9 Å². The first kappa shape index (κ1) is 18.7. The highest BCUT2D eigenvalue weighted by Gasteiger charge is 2.16. The normalized spacial score (nSPS) is 12.1. The van der Waals surface area contributed by atoms with E-state index in [9.17, 15) is 9.59 Å². The summed E-state index contributed by atoms with van der Waals surface area (Å²) >= 11 is 0. The molecule has 7 heteroatoms. The van der Waals surface area contributed by atoms with Crippen LogP contribution in [-0.2, 0) is 9.59 Å². The van der Waals surface area contributed by atoms with E-state index in [1.165, 1.54) is 0 Å². The van der Waals surface area contributed by atoms with Crippen molar-refractivity contribution < 1.29 is 19.1 Å². The summed E-state index contributed by atoms with van der Waals surface area (Å²) in [5.41, 5.74) is 3.56. The van der Waals surface area contributed by atoms with Gasteiger partial charge in [0, 0.05) is 17.4 Å². The van der Waals surface area contributed by atoms with E-state index in [1.807, 2.05) is 32.0 Å². The second kappa shape index (κ2) is 8.09. The van der Waals surface area contributed by atoms with Crippen LogP contribution < -0.4 is 20.1 Å². The predicted octanol–water partition coefficient (Wildman–Crippen LogP) is 2.54. The molecule has 2 aromatic rings. The SMILES string of the molecule is Cc1cccc(NC(=O)CN(C)CC(=O)Nc2ccc3c(c2)OCO3)c1C. The minimum absolute atomic E-state index is 0.0919. The first-order chi connectivity index (χ1) is 12.9. The Kier molecular flexibility index (Phi) is 5.61.